The number of hydrogen-bond donors (Lipinski definition) is 11. The van der Waals surface area contributed by atoms with Gasteiger partial charge in [-0.2, -0.15) is 29.9 Å². The molecule has 692 valence electrons. The first kappa shape index (κ1) is 88.7. The predicted molar refractivity (Wildman–Crippen MR) is 520 cm³/mol. The summed E-state index contributed by atoms with van der Waals surface area (Å²) < 4.78 is 36.7. The number of nitrogens with zero attached hydrogens (tertiary/aromatic N) is 24. The maximum atomic E-state index is 12.2. The van der Waals surface area contributed by atoms with Crippen LogP contribution in [-0.2, 0) is 82.8 Å². The summed E-state index contributed by atoms with van der Waals surface area (Å²) in [6.45, 7) is 12.6. The van der Waals surface area contributed by atoms with Crippen LogP contribution in [0, 0.1) is 50.5 Å². The second-order valence-corrected chi connectivity index (χ2v) is 35.7. The highest BCUT2D eigenvalue weighted by Gasteiger charge is 2.28. The Balaban J connectivity index is 0.000000117. The standard InChI is InChI=1S/C26H25N9O.C23H25N9O3S.C23H21N9O.C22H22N8O2/c1-3-15-4-6-29-24-14(2)18(11-31-25(15)24)20-8-16-9-21(30-12-19(16)26(27)32-20)33-22-10-17-5-7-28-23(36)13-35(17)34-22;1-13-16(9-25-11-19(13)30-36(3,34)35)18-6-14-7-20(26-10-17(14)23(24)27-18)28-21-8-15-4-5-31(2)22(33)12-32(15)29-21;1-14-2-6-31(33)12-18(14)19-8-15-9-20(26-11-17(15)23(24)27-19)28-21-10-16-3-5-30-7-4-25-22(30)13-32(16)29-21;1-13-3-6-29(32)11-17(13)18-7-14-8-19(24-10-16(14)22(23)25-18)26-20-9-15-4-5-28(2)21(31)12-30(15)27-20/h1,8-12,15,29H,4-7,13H2,2H3,(H2,27,32)(H,28,36)(H,30,33,34);6-11,30H,4-5,12H2,1-3H3,(H2,24,27)(H,26,28,29);2,4,6-12H,3,5,13H2,1H3,(H2,24,27)(H,26,28,29);3,6-11H,4-5,12H2,1-2H3,(H2,23,25)(H,24,26,27)/t15-;;;/m1.../s1. The van der Waals surface area contributed by atoms with Crippen LogP contribution < -0.4 is 69.0 Å². The SMILES string of the molecule is C#C[C@@H]1CCNc2c1ncc(-c1cc3cc(Nc4cc5n(n4)CC(=O)NCC5)ncc3c(N)n1)c2C.Cc1c(NS(C)(=O)=O)cncc1-c1cc2cc(Nc3cc4n(n3)CC(=O)N(C)CC4)ncc2c(N)n1.Cc1cc[n+]([O-])cc1-c1cc2cc(Nc3cc4n(n3)CC(=O)N(C)CC4)ncc2c(N)n1.Cc1cc[n+]([O-])cc1-c1cc2cc(Nc3cc4n(n3)Cc3nccn3CC4)ncc2c(N)n1. The fourth-order valence-electron chi connectivity index (χ4n) is 17.1. The first-order valence-electron chi connectivity index (χ1n) is 43.8. The lowest BCUT2D eigenvalue weighted by atomic mass is 9.92. The minimum atomic E-state index is -3.47. The van der Waals surface area contributed by atoms with Gasteiger partial charge in [-0.05, 0) is 126 Å². The van der Waals surface area contributed by atoms with Crippen LogP contribution in [0.25, 0.3) is 88.1 Å². The van der Waals surface area contributed by atoms with Crippen LogP contribution in [0.5, 0.6) is 0 Å². The number of terminal acetylenes is 1. The molecular weight excluding hydrogens is 1760 g/mol. The van der Waals surface area contributed by atoms with Gasteiger partial charge in [0.15, 0.2) is 48.1 Å². The van der Waals surface area contributed by atoms with Crippen molar-refractivity contribution in [3.8, 4) is 57.4 Å². The van der Waals surface area contributed by atoms with Crippen molar-refractivity contribution in [3.63, 3.8) is 0 Å². The third-order valence-electron chi connectivity index (χ3n) is 24.5. The fraction of sp³-hybridized carbons (Fsp3) is 0.234. The van der Waals surface area contributed by atoms with E-state index in [1.807, 2.05) is 117 Å². The Hall–Kier alpha value is -17.6. The number of nitrogen functional groups attached to an aromatic ring is 4. The molecule has 15 N–H and O–H groups in total. The second kappa shape index (κ2) is 36.5. The molecule has 22 heterocycles. The van der Waals surface area contributed by atoms with E-state index in [0.29, 0.717) is 136 Å². The van der Waals surface area contributed by atoms with E-state index in [2.05, 4.69) is 117 Å². The van der Waals surface area contributed by atoms with Gasteiger partial charge in [-0.25, -0.2) is 53.3 Å². The third kappa shape index (κ3) is 18.9. The molecule has 17 aromatic heterocycles. The second-order valence-electron chi connectivity index (χ2n) is 34.0. The van der Waals surface area contributed by atoms with Gasteiger partial charge < -0.3 is 79.6 Å². The molecule has 0 saturated heterocycles. The lowest BCUT2D eigenvalue weighted by molar-refractivity contribution is -0.605. The van der Waals surface area contributed by atoms with E-state index in [1.165, 1.54) is 31.0 Å². The largest absolute Gasteiger partial charge is 0.619 e. The Labute approximate surface area is 782 Å². The molecule has 0 aliphatic carbocycles. The monoisotopic (exact) mass is 1860 g/mol. The number of imidazole rings is 1. The average Bonchev–Trinajstić information content (AvgIpc) is 1.68. The molecular formula is C94H93N35O7S. The summed E-state index contributed by atoms with van der Waals surface area (Å²) in [4.78, 5) is 88.8. The minimum absolute atomic E-state index is 0.00993. The molecule has 0 unspecified atom stereocenters. The zero-order chi connectivity index (χ0) is 95.4. The topological polar surface area (TPSA) is 552 Å². The van der Waals surface area contributed by atoms with Crippen LogP contribution in [0.4, 0.5) is 81.2 Å². The molecule has 0 bridgehead atoms. The molecule has 137 heavy (non-hydrogen) atoms. The van der Waals surface area contributed by atoms with Gasteiger partial charge in [-0.1, -0.05) is 5.92 Å². The number of aromatic nitrogens is 22. The van der Waals surface area contributed by atoms with E-state index in [4.69, 9.17) is 34.5 Å². The Bertz CT molecular complexity index is 7890. The zero-order valence-electron chi connectivity index (χ0n) is 75.5. The van der Waals surface area contributed by atoms with Crippen molar-refractivity contribution in [2.75, 3.05) is 101 Å². The van der Waals surface area contributed by atoms with Crippen molar-refractivity contribution in [1.29, 1.82) is 0 Å². The highest BCUT2D eigenvalue weighted by atomic mass is 32.2. The van der Waals surface area contributed by atoms with Crippen molar-refractivity contribution in [2.24, 2.45) is 0 Å². The van der Waals surface area contributed by atoms with Gasteiger partial charge in [0.25, 0.3) is 0 Å². The number of carbonyl (C=O) groups is 3. The molecule has 0 spiro atoms. The molecule has 1 atom stereocenters. The van der Waals surface area contributed by atoms with Crippen molar-refractivity contribution in [1.82, 2.24) is 114 Å². The van der Waals surface area contributed by atoms with E-state index in [1.54, 1.807) is 88.0 Å². The molecule has 5 aliphatic rings. The molecule has 43 heteroatoms. The molecule has 0 radical (unpaired) electrons. The average molecular weight is 1860 g/mol. The first-order valence-corrected chi connectivity index (χ1v) is 45.7. The number of rotatable bonds is 14. The summed E-state index contributed by atoms with van der Waals surface area (Å²) in [5.41, 5.74) is 40.5. The van der Waals surface area contributed by atoms with E-state index in [-0.39, 0.29) is 43.3 Å². The van der Waals surface area contributed by atoms with Gasteiger partial charge in [0, 0.05) is 214 Å². The lowest BCUT2D eigenvalue weighted by Gasteiger charge is -2.25. The van der Waals surface area contributed by atoms with Crippen molar-refractivity contribution < 1.29 is 32.3 Å². The van der Waals surface area contributed by atoms with Gasteiger partial charge in [-0.15, -0.1) is 6.42 Å². The van der Waals surface area contributed by atoms with Crippen LogP contribution in [0.2, 0.25) is 0 Å². The summed E-state index contributed by atoms with van der Waals surface area (Å²) in [6, 6.07) is 26.5. The summed E-state index contributed by atoms with van der Waals surface area (Å²) >= 11 is 0. The minimum Gasteiger partial charge on any atom is -0.619 e. The Morgan fingerprint density at radius 3 is 1.34 bits per heavy atom. The molecule has 0 saturated carbocycles. The summed E-state index contributed by atoms with van der Waals surface area (Å²) in [7, 11) is 0.124. The third-order valence-corrected chi connectivity index (χ3v) is 25.1. The maximum absolute atomic E-state index is 12.2. The zero-order valence-corrected chi connectivity index (χ0v) is 76.3. The molecule has 0 fully saturated rings. The Kier molecular flexibility index (Phi) is 23.6. The Morgan fingerprint density at radius 2 is 0.891 bits per heavy atom. The summed E-state index contributed by atoms with van der Waals surface area (Å²) in [6.07, 6.45) is 32.1. The van der Waals surface area contributed by atoms with Gasteiger partial charge in [0.2, 0.25) is 27.7 Å². The number of aryl methyl sites for hydroxylation is 4. The van der Waals surface area contributed by atoms with Gasteiger partial charge in [-0.3, -0.25) is 47.8 Å². The van der Waals surface area contributed by atoms with Gasteiger partial charge >= 0.3 is 0 Å². The number of sulfonamides is 1. The number of nitrogens with one attached hydrogen (secondary N) is 7. The summed E-state index contributed by atoms with van der Waals surface area (Å²) in [5.74, 6) is 10.3. The number of amides is 3. The van der Waals surface area contributed by atoms with Gasteiger partial charge in [0.1, 0.15) is 72.0 Å². The van der Waals surface area contributed by atoms with E-state index >= 15 is 0 Å². The fourth-order valence-corrected chi connectivity index (χ4v) is 17.7. The van der Waals surface area contributed by atoms with Crippen molar-refractivity contribution in [2.45, 2.75) is 98.4 Å². The maximum Gasteiger partial charge on any atom is 0.244 e. The van der Waals surface area contributed by atoms with Crippen molar-refractivity contribution in [3.05, 3.63) is 232 Å². The normalized spacial score (nSPS) is 14.4. The van der Waals surface area contributed by atoms with Crippen LogP contribution in [0.1, 0.15) is 68.9 Å². The van der Waals surface area contributed by atoms with E-state index in [9.17, 15) is 33.2 Å². The molecule has 3 amide bonds. The van der Waals surface area contributed by atoms with Crippen LogP contribution in [0.3, 0.4) is 0 Å². The van der Waals surface area contributed by atoms with E-state index in [0.717, 1.165) is 177 Å². The highest BCUT2D eigenvalue weighted by Crippen LogP contribution is 2.40. The smallest absolute Gasteiger partial charge is 0.244 e. The number of carbonyl (C=O) groups excluding carboxylic acids is 3. The summed E-state index contributed by atoms with van der Waals surface area (Å²) in [5, 5.41) is 67.4. The molecule has 0 aromatic carbocycles. The first-order chi connectivity index (χ1) is 66.0. The number of fused-ring (bicyclic) bond motifs is 10. The number of nitrogens with two attached hydrogens (primary N) is 4. The quantitative estimate of drug-likeness (QED) is 0.0275. The number of likely N-dealkylation sites (N-methyl/N-ethyl adjacent to an activating group) is 2. The molecule has 5 aliphatic heterocycles. The number of pyridine rings is 12. The lowest BCUT2D eigenvalue weighted by Crippen LogP contribution is -2.29. The van der Waals surface area contributed by atoms with Crippen LogP contribution in [0.15, 0.2) is 165 Å². The Morgan fingerprint density at radius 1 is 0.474 bits per heavy atom. The van der Waals surface area contributed by atoms with Gasteiger partial charge in [0.05, 0.1) is 75.9 Å². The van der Waals surface area contributed by atoms with Crippen LogP contribution >= 0.6 is 0 Å². The van der Waals surface area contributed by atoms with Crippen LogP contribution in [-0.4, -0.2) is 181 Å². The predicted octanol–water partition coefficient (Wildman–Crippen LogP) is 8.97. The molecule has 17 aromatic rings. The highest BCUT2D eigenvalue weighted by molar-refractivity contribution is 7.92. The van der Waals surface area contributed by atoms with E-state index < -0.39 is 10.0 Å². The number of anilines is 14. The number of hydrogen-bond acceptors (Lipinski definition) is 31. The molecule has 42 nitrogen and oxygen atoms in total. The van der Waals surface area contributed by atoms with Crippen molar-refractivity contribution >= 4 is 152 Å². The molecule has 22 rings (SSSR count).